The highest BCUT2D eigenvalue weighted by Gasteiger charge is 2.15. The van der Waals surface area contributed by atoms with Gasteiger partial charge in [0.05, 0.1) is 13.8 Å². The maximum Gasteiger partial charge on any atom is 0.0840 e. The molecule has 0 spiro atoms. The van der Waals surface area contributed by atoms with E-state index in [0.29, 0.717) is 0 Å². The molecule has 0 saturated heterocycles. The summed E-state index contributed by atoms with van der Waals surface area (Å²) in [5.74, 6) is 0. The number of hydrogen-bond acceptors (Lipinski definition) is 1. The van der Waals surface area contributed by atoms with Crippen molar-refractivity contribution in [3.8, 4) is 0 Å². The van der Waals surface area contributed by atoms with Gasteiger partial charge >= 0.3 is 0 Å². The lowest BCUT2D eigenvalue weighted by atomic mass is 9.96. The summed E-state index contributed by atoms with van der Waals surface area (Å²) < 4.78 is 45.6. The molecule has 0 aromatic carbocycles. The highest BCUT2D eigenvalue weighted by Crippen LogP contribution is 2.17. The summed E-state index contributed by atoms with van der Waals surface area (Å²) in [7, 11) is 0. The third-order valence-electron chi connectivity index (χ3n) is 1.33. The quantitative estimate of drug-likeness (QED) is 0.637. The molecule has 12 heavy (non-hydrogen) atoms. The van der Waals surface area contributed by atoms with Gasteiger partial charge in [0.2, 0.25) is 0 Å². The zero-order valence-corrected chi connectivity index (χ0v) is 7.02. The lowest BCUT2D eigenvalue weighted by molar-refractivity contribution is 0.124. The first-order valence-corrected chi connectivity index (χ1v) is 3.55. The third kappa shape index (κ3) is 2.51. The molecule has 1 rings (SSSR count). The van der Waals surface area contributed by atoms with Crippen LogP contribution >= 0.6 is 0 Å². The van der Waals surface area contributed by atoms with E-state index in [9.17, 15) is 5.11 Å². The van der Waals surface area contributed by atoms with Gasteiger partial charge in [0.25, 0.3) is 0 Å². The van der Waals surface area contributed by atoms with Crippen molar-refractivity contribution in [2.45, 2.75) is 19.4 Å². The fourth-order valence-electron chi connectivity index (χ4n) is 0.671. The van der Waals surface area contributed by atoms with E-state index in [4.69, 9.17) is 8.22 Å². The highest BCUT2D eigenvalue weighted by molar-refractivity contribution is 5.35. The van der Waals surface area contributed by atoms with E-state index in [0.717, 1.165) is 6.08 Å². The van der Waals surface area contributed by atoms with E-state index in [-0.39, 0.29) is 11.6 Å². The van der Waals surface area contributed by atoms with Crippen molar-refractivity contribution in [2.24, 2.45) is 0 Å². The van der Waals surface area contributed by atoms with Crippen LogP contribution in [0.3, 0.4) is 0 Å². The van der Waals surface area contributed by atoms with E-state index in [2.05, 4.69) is 0 Å². The predicted molar refractivity (Wildman–Crippen MR) is 51.8 cm³/mol. The summed E-state index contributed by atoms with van der Waals surface area (Å²) in [4.78, 5) is 0. The number of rotatable bonds is 1. The zero-order valence-electron chi connectivity index (χ0n) is 13.0. The molecule has 0 atom stereocenters. The van der Waals surface area contributed by atoms with Gasteiger partial charge in [0.15, 0.2) is 0 Å². The van der Waals surface area contributed by atoms with Crippen LogP contribution in [0.2, 0.25) is 0 Å². The Morgan fingerprint density at radius 1 is 1.17 bits per heavy atom. The monoisotopic (exact) mass is 168 g/mol. The third-order valence-corrected chi connectivity index (χ3v) is 1.33. The lowest BCUT2D eigenvalue weighted by Gasteiger charge is -2.18. The van der Waals surface area contributed by atoms with E-state index in [1.807, 2.05) is 0 Å². The van der Waals surface area contributed by atoms with Crippen molar-refractivity contribution < 1.29 is 13.3 Å². The van der Waals surface area contributed by atoms with Crippen LogP contribution in [0.25, 0.3) is 0 Å². The molecule has 1 heteroatoms. The van der Waals surface area contributed by atoms with Gasteiger partial charge in [-0.15, -0.1) is 0 Å². The molecule has 0 aromatic rings. The fourth-order valence-corrected chi connectivity index (χ4v) is 0.671. The second-order valence-corrected chi connectivity index (χ2v) is 2.89. The molecule has 1 aliphatic rings. The average molecular weight is 168 g/mol. The molecule has 0 heterocycles. The van der Waals surface area contributed by atoms with Crippen LogP contribution in [-0.2, 0) is 0 Å². The molecule has 0 aromatic heterocycles. The van der Waals surface area contributed by atoms with Crippen molar-refractivity contribution in [1.82, 2.24) is 0 Å². The zero-order chi connectivity index (χ0) is 14.2. The summed E-state index contributed by atoms with van der Waals surface area (Å²) >= 11 is 0. The van der Waals surface area contributed by atoms with Crippen molar-refractivity contribution in [1.29, 1.82) is 0 Å². The molecule has 1 nitrogen and oxygen atoms in total. The van der Waals surface area contributed by atoms with Crippen molar-refractivity contribution >= 4 is 0 Å². The Kier molecular flexibility index (Phi) is 1.11. The Labute approximate surface area is 81.8 Å². The SMILES string of the molecule is [2H]C1=C/C(C(C)(C)O)=C([2H])\C([2H])=C(\[2H])C([2H])=C1[2H]. The largest absolute Gasteiger partial charge is 0.386 e. The van der Waals surface area contributed by atoms with Gasteiger partial charge in [-0.1, -0.05) is 42.4 Å². The van der Waals surface area contributed by atoms with E-state index >= 15 is 0 Å². The van der Waals surface area contributed by atoms with Gasteiger partial charge < -0.3 is 5.11 Å². The summed E-state index contributed by atoms with van der Waals surface area (Å²) in [5, 5.41) is 9.91. The van der Waals surface area contributed by atoms with Crippen LogP contribution in [0.15, 0.2) is 48.0 Å². The van der Waals surface area contributed by atoms with E-state index < -0.39 is 35.9 Å². The Balaban J connectivity index is 3.66. The maximum atomic E-state index is 9.91. The molecule has 0 bridgehead atoms. The van der Waals surface area contributed by atoms with Crippen LogP contribution < -0.4 is 0 Å². The minimum Gasteiger partial charge on any atom is -0.386 e. The standard InChI is InChI=1S/C11H14O/c1-11(2,12)10-8-6-4-3-5-7-9-10/h3-9,12H,1-2H3/b4-3?,5-3?,6-4-,7-5?,8-6?,9-7?,10-8+,10-9?/i3D,4D,5D,6D,7D,8D. The topological polar surface area (TPSA) is 20.2 Å². The van der Waals surface area contributed by atoms with Gasteiger partial charge in [-0.3, -0.25) is 0 Å². The van der Waals surface area contributed by atoms with Crippen molar-refractivity contribution in [3.05, 3.63) is 48.0 Å². The predicted octanol–water partition coefficient (Wildman–Crippen LogP) is 2.37. The smallest absolute Gasteiger partial charge is 0.0840 e. The van der Waals surface area contributed by atoms with Crippen LogP contribution in [0.5, 0.6) is 0 Å². The Bertz CT molecular complexity index is 504. The van der Waals surface area contributed by atoms with E-state index in [1.54, 1.807) is 0 Å². The Morgan fingerprint density at radius 3 is 2.42 bits per heavy atom. The van der Waals surface area contributed by atoms with E-state index in [1.165, 1.54) is 13.8 Å². The molecule has 1 aliphatic carbocycles. The first-order chi connectivity index (χ1) is 8.07. The molecular weight excluding hydrogens is 148 g/mol. The van der Waals surface area contributed by atoms with Crippen LogP contribution in [0.4, 0.5) is 0 Å². The molecule has 0 aliphatic heterocycles. The first kappa shape index (κ1) is 3.75. The molecule has 0 fully saturated rings. The lowest BCUT2D eigenvalue weighted by Crippen LogP contribution is -2.20. The van der Waals surface area contributed by atoms with Gasteiger partial charge in [-0.2, -0.15) is 0 Å². The summed E-state index contributed by atoms with van der Waals surface area (Å²) in [6.07, 6.45) is 1.10. The summed E-state index contributed by atoms with van der Waals surface area (Å²) in [5.41, 5.74) is -1.48. The van der Waals surface area contributed by atoms with Crippen LogP contribution in [0, 0.1) is 0 Å². The molecule has 0 unspecified atom stereocenters. The molecular formula is C11H14O. The van der Waals surface area contributed by atoms with Gasteiger partial charge in [-0.25, -0.2) is 0 Å². The molecule has 0 saturated carbocycles. The second kappa shape index (κ2) is 3.55. The molecule has 0 radical (unpaired) electrons. The minimum atomic E-state index is -1.46. The Hall–Kier alpha value is -1.08. The maximum absolute atomic E-state index is 9.91. The summed E-state index contributed by atoms with van der Waals surface area (Å²) in [6, 6.07) is -2.97. The second-order valence-electron chi connectivity index (χ2n) is 2.89. The van der Waals surface area contributed by atoms with Gasteiger partial charge in [0.1, 0.15) is 0 Å². The minimum absolute atomic E-state index is 0.0144. The van der Waals surface area contributed by atoms with Crippen LogP contribution in [0.1, 0.15) is 22.1 Å². The normalized spacial score (nSPS) is 41.1. The fraction of sp³-hybridized carbons (Fsp3) is 0.273. The summed E-state index contributed by atoms with van der Waals surface area (Å²) in [6.45, 7) is 2.79. The number of hydrogen-bond donors (Lipinski definition) is 1. The first-order valence-electron chi connectivity index (χ1n) is 6.55. The van der Waals surface area contributed by atoms with Crippen LogP contribution in [-0.4, -0.2) is 10.7 Å². The molecule has 1 N–H and O–H groups in total. The molecule has 0 amide bonds. The highest BCUT2D eigenvalue weighted by atomic mass is 16.3. The van der Waals surface area contributed by atoms with Crippen molar-refractivity contribution in [2.75, 3.05) is 0 Å². The number of allylic oxidation sites excluding steroid dienone is 6. The average Bonchev–Trinajstić information content (AvgIpc) is 2.28. The van der Waals surface area contributed by atoms with Gasteiger partial charge in [0, 0.05) is 0 Å². The van der Waals surface area contributed by atoms with Crippen molar-refractivity contribution in [3.63, 3.8) is 0 Å². The number of aliphatic hydroxyl groups is 1. The van der Waals surface area contributed by atoms with Gasteiger partial charge in [-0.05, 0) is 19.4 Å². The Morgan fingerprint density at radius 2 is 1.75 bits per heavy atom. The molecule has 64 valence electrons.